The number of nitrogens with two attached hydrogens (primary N) is 1. The van der Waals surface area contributed by atoms with Crippen LogP contribution in [0.5, 0.6) is 0 Å². The van der Waals surface area contributed by atoms with E-state index in [2.05, 4.69) is 51.3 Å². The number of H-pyrrole nitrogens is 1. The molecule has 0 aliphatic carbocycles. The van der Waals surface area contributed by atoms with Crippen LogP contribution in [0.15, 0.2) is 65.5 Å². The Balaban J connectivity index is 1.57. The van der Waals surface area contributed by atoms with Gasteiger partial charge in [0.25, 0.3) is 5.56 Å². The highest BCUT2D eigenvalue weighted by Crippen LogP contribution is 2.29. The van der Waals surface area contributed by atoms with Crippen molar-refractivity contribution in [2.45, 2.75) is 31.8 Å². The van der Waals surface area contributed by atoms with E-state index in [0.29, 0.717) is 17.4 Å². The van der Waals surface area contributed by atoms with Crippen LogP contribution in [0, 0.1) is 0 Å². The number of aromatic nitrogens is 2. The summed E-state index contributed by atoms with van der Waals surface area (Å²) >= 11 is 0. The third-order valence-corrected chi connectivity index (χ3v) is 5.45. The molecule has 1 aromatic heterocycles. The Bertz CT molecular complexity index is 983. The van der Waals surface area contributed by atoms with Crippen molar-refractivity contribution in [2.24, 2.45) is 5.73 Å². The number of likely N-dealkylation sites (tertiary alicyclic amines) is 1. The molecule has 3 N–H and O–H groups in total. The lowest BCUT2D eigenvalue weighted by atomic mass is 9.90. The quantitative estimate of drug-likeness (QED) is 0.719. The zero-order valence-electron chi connectivity index (χ0n) is 16.0. The van der Waals surface area contributed by atoms with Gasteiger partial charge in [0.2, 0.25) is 0 Å². The van der Waals surface area contributed by atoms with Crippen molar-refractivity contribution < 1.29 is 0 Å². The third-order valence-electron chi connectivity index (χ3n) is 5.45. The molecule has 0 amide bonds. The monoisotopic (exact) mass is 374 g/mol. The lowest BCUT2D eigenvalue weighted by molar-refractivity contribution is 0.200. The Hall–Kier alpha value is -2.76. The van der Waals surface area contributed by atoms with Crippen molar-refractivity contribution in [2.75, 3.05) is 13.1 Å². The molecular formula is C23H26N4O. The molecule has 0 saturated carbocycles. The molecule has 0 unspecified atom stereocenters. The molecule has 0 spiro atoms. The van der Waals surface area contributed by atoms with Crippen molar-refractivity contribution in [1.29, 1.82) is 0 Å². The molecule has 28 heavy (non-hydrogen) atoms. The van der Waals surface area contributed by atoms with Crippen molar-refractivity contribution in [3.63, 3.8) is 0 Å². The van der Waals surface area contributed by atoms with Gasteiger partial charge in [0, 0.05) is 31.3 Å². The van der Waals surface area contributed by atoms with Gasteiger partial charge in [-0.15, -0.1) is 0 Å². The molecule has 2 aromatic carbocycles. The van der Waals surface area contributed by atoms with E-state index < -0.39 is 0 Å². The fourth-order valence-electron chi connectivity index (χ4n) is 4.07. The second-order valence-corrected chi connectivity index (χ2v) is 7.43. The van der Waals surface area contributed by atoms with E-state index in [4.69, 9.17) is 5.73 Å². The summed E-state index contributed by atoms with van der Waals surface area (Å²) < 4.78 is 0. The lowest BCUT2D eigenvalue weighted by Crippen LogP contribution is -2.34. The van der Waals surface area contributed by atoms with Crippen molar-refractivity contribution >= 4 is 0 Å². The molecule has 5 heteroatoms. The highest BCUT2D eigenvalue weighted by atomic mass is 16.1. The first-order chi connectivity index (χ1) is 13.7. The van der Waals surface area contributed by atoms with Gasteiger partial charge in [0.1, 0.15) is 5.82 Å². The average molecular weight is 374 g/mol. The highest BCUT2D eigenvalue weighted by molar-refractivity contribution is 5.60. The maximum atomic E-state index is 12.0. The van der Waals surface area contributed by atoms with E-state index >= 15 is 0 Å². The molecule has 0 radical (unpaired) electrons. The lowest BCUT2D eigenvalue weighted by Gasteiger charge is -2.33. The van der Waals surface area contributed by atoms with E-state index in [1.807, 2.05) is 18.2 Å². The SMILES string of the molecule is NCc1cc(=O)[nH]c(-c2ccccc2CN2CCC[C@@H](c3ccccc3)C2)n1. The van der Waals surface area contributed by atoms with Crippen LogP contribution in [0.3, 0.4) is 0 Å². The third kappa shape index (κ3) is 4.21. The van der Waals surface area contributed by atoms with Crippen LogP contribution in [0.1, 0.15) is 35.6 Å². The van der Waals surface area contributed by atoms with Crippen molar-refractivity contribution in [3.8, 4) is 11.4 Å². The zero-order valence-corrected chi connectivity index (χ0v) is 16.0. The number of piperidine rings is 1. The van der Waals surface area contributed by atoms with Crippen LogP contribution in [-0.4, -0.2) is 28.0 Å². The Morgan fingerprint density at radius 2 is 1.89 bits per heavy atom. The van der Waals surface area contributed by atoms with E-state index in [1.165, 1.54) is 30.0 Å². The number of hydrogen-bond acceptors (Lipinski definition) is 4. The predicted molar refractivity (Wildman–Crippen MR) is 112 cm³/mol. The topological polar surface area (TPSA) is 75.0 Å². The highest BCUT2D eigenvalue weighted by Gasteiger charge is 2.22. The number of rotatable bonds is 5. The molecule has 1 saturated heterocycles. The van der Waals surface area contributed by atoms with Gasteiger partial charge in [-0.3, -0.25) is 9.69 Å². The van der Waals surface area contributed by atoms with Gasteiger partial charge in [-0.05, 0) is 36.4 Å². The summed E-state index contributed by atoms with van der Waals surface area (Å²) in [6.07, 6.45) is 2.43. The molecule has 0 bridgehead atoms. The number of aromatic amines is 1. The standard InChI is InChI=1S/C23H26N4O/c24-14-20-13-22(28)26-23(25-20)21-11-5-4-9-19(21)16-27-12-6-10-18(15-27)17-7-2-1-3-8-17/h1-5,7-9,11,13,18H,6,10,12,14-16,24H2,(H,25,26,28)/t18-/m1/s1. The smallest absolute Gasteiger partial charge is 0.251 e. The molecule has 2 heterocycles. The van der Waals surface area contributed by atoms with E-state index in [1.54, 1.807) is 0 Å². The second kappa shape index (κ2) is 8.50. The summed E-state index contributed by atoms with van der Waals surface area (Å²) in [5.41, 5.74) is 9.71. The second-order valence-electron chi connectivity index (χ2n) is 7.43. The molecule has 144 valence electrons. The van der Waals surface area contributed by atoms with Crippen LogP contribution in [0.4, 0.5) is 0 Å². The van der Waals surface area contributed by atoms with Gasteiger partial charge in [-0.1, -0.05) is 54.6 Å². The van der Waals surface area contributed by atoms with Crippen LogP contribution in [-0.2, 0) is 13.1 Å². The Morgan fingerprint density at radius 3 is 2.71 bits per heavy atom. The number of benzene rings is 2. The fraction of sp³-hybridized carbons (Fsp3) is 0.304. The fourth-order valence-corrected chi connectivity index (χ4v) is 4.07. The van der Waals surface area contributed by atoms with Crippen molar-refractivity contribution in [3.05, 3.63) is 87.8 Å². The Kier molecular flexibility index (Phi) is 5.65. The summed E-state index contributed by atoms with van der Waals surface area (Å²) in [6.45, 7) is 3.23. The molecule has 5 nitrogen and oxygen atoms in total. The zero-order chi connectivity index (χ0) is 19.3. The maximum absolute atomic E-state index is 12.0. The van der Waals surface area contributed by atoms with E-state index in [9.17, 15) is 4.79 Å². The van der Waals surface area contributed by atoms with Crippen LogP contribution in [0.25, 0.3) is 11.4 Å². The first-order valence-electron chi connectivity index (χ1n) is 9.89. The average Bonchev–Trinajstić information content (AvgIpc) is 2.74. The number of nitrogens with zero attached hydrogens (tertiary/aromatic N) is 2. The maximum Gasteiger partial charge on any atom is 0.251 e. The van der Waals surface area contributed by atoms with E-state index in [0.717, 1.165) is 25.2 Å². The summed E-state index contributed by atoms with van der Waals surface area (Å²) in [5, 5.41) is 0. The van der Waals surface area contributed by atoms with Crippen LogP contribution < -0.4 is 11.3 Å². The summed E-state index contributed by atoms with van der Waals surface area (Å²) in [4.78, 5) is 21.9. The largest absolute Gasteiger partial charge is 0.325 e. The van der Waals surface area contributed by atoms with Gasteiger partial charge >= 0.3 is 0 Å². The molecule has 1 aliphatic heterocycles. The van der Waals surface area contributed by atoms with E-state index in [-0.39, 0.29) is 12.1 Å². The van der Waals surface area contributed by atoms with Crippen LogP contribution in [0.2, 0.25) is 0 Å². The summed E-state index contributed by atoms with van der Waals surface area (Å²) in [7, 11) is 0. The van der Waals surface area contributed by atoms with Gasteiger partial charge in [-0.2, -0.15) is 0 Å². The molecule has 1 atom stereocenters. The molecular weight excluding hydrogens is 348 g/mol. The van der Waals surface area contributed by atoms with Gasteiger partial charge in [0.05, 0.1) is 5.69 Å². The van der Waals surface area contributed by atoms with Gasteiger partial charge in [-0.25, -0.2) is 4.98 Å². The summed E-state index contributed by atoms with van der Waals surface area (Å²) in [5.74, 6) is 1.17. The molecule has 1 fully saturated rings. The first-order valence-corrected chi connectivity index (χ1v) is 9.89. The Morgan fingerprint density at radius 1 is 1.11 bits per heavy atom. The number of hydrogen-bond donors (Lipinski definition) is 2. The Labute approximate surface area is 165 Å². The first kappa shape index (κ1) is 18.6. The summed E-state index contributed by atoms with van der Waals surface area (Å²) in [6, 6.07) is 20.4. The molecule has 3 aromatic rings. The van der Waals surface area contributed by atoms with Gasteiger partial charge < -0.3 is 10.7 Å². The molecule has 1 aliphatic rings. The molecule has 4 rings (SSSR count). The van der Waals surface area contributed by atoms with Crippen LogP contribution >= 0.6 is 0 Å². The normalized spacial score (nSPS) is 17.5. The van der Waals surface area contributed by atoms with Gasteiger partial charge in [0.15, 0.2) is 0 Å². The minimum atomic E-state index is -0.164. The minimum Gasteiger partial charge on any atom is -0.325 e. The predicted octanol–water partition coefficient (Wildman–Crippen LogP) is 3.28. The number of nitrogens with one attached hydrogen (secondary N) is 1. The minimum absolute atomic E-state index is 0.164. The van der Waals surface area contributed by atoms with Crippen molar-refractivity contribution in [1.82, 2.24) is 14.9 Å².